The van der Waals surface area contributed by atoms with E-state index in [2.05, 4.69) is 27.5 Å². The van der Waals surface area contributed by atoms with Crippen molar-refractivity contribution in [3.63, 3.8) is 0 Å². The van der Waals surface area contributed by atoms with E-state index >= 15 is 0 Å². The van der Waals surface area contributed by atoms with Crippen LogP contribution in [0.3, 0.4) is 0 Å². The fraction of sp³-hybridized carbons (Fsp3) is 0.643. The molecule has 9 heteroatoms. The van der Waals surface area contributed by atoms with Crippen LogP contribution in [0, 0.1) is 5.92 Å². The van der Waals surface area contributed by atoms with E-state index in [1.54, 1.807) is 6.07 Å². The summed E-state index contributed by atoms with van der Waals surface area (Å²) < 4.78 is 39.5. The molecule has 0 atom stereocenters. The molecular formula is C14H19F3N6. The molecule has 1 aliphatic heterocycles. The molecule has 1 saturated heterocycles. The van der Waals surface area contributed by atoms with Crippen LogP contribution in [0.5, 0.6) is 0 Å². The Bertz CT molecular complexity index is 660. The summed E-state index contributed by atoms with van der Waals surface area (Å²) in [4.78, 5) is 2.02. The molecule has 2 aromatic rings. The first-order chi connectivity index (χ1) is 11.0. The summed E-state index contributed by atoms with van der Waals surface area (Å²) in [5.74, 6) is 0.0525. The van der Waals surface area contributed by atoms with Crippen molar-refractivity contribution in [2.24, 2.45) is 5.92 Å². The lowest BCUT2D eigenvalue weighted by molar-refractivity contribution is -0.146. The summed E-state index contributed by atoms with van der Waals surface area (Å²) in [7, 11) is 0. The average molecular weight is 328 g/mol. The zero-order valence-corrected chi connectivity index (χ0v) is 12.8. The Kier molecular flexibility index (Phi) is 4.38. The number of halogens is 3. The van der Waals surface area contributed by atoms with Gasteiger partial charge in [-0.15, -0.1) is 15.3 Å². The Balaban J connectivity index is 1.76. The molecule has 2 aromatic heterocycles. The number of anilines is 1. The van der Waals surface area contributed by atoms with Gasteiger partial charge >= 0.3 is 6.18 Å². The number of hydrogen-bond acceptors (Lipinski definition) is 5. The van der Waals surface area contributed by atoms with Crippen LogP contribution < -0.4 is 10.2 Å². The number of fused-ring (bicyclic) bond motifs is 1. The zero-order valence-electron chi connectivity index (χ0n) is 12.8. The molecule has 0 unspecified atom stereocenters. The van der Waals surface area contributed by atoms with Gasteiger partial charge in [-0.3, -0.25) is 0 Å². The predicted molar refractivity (Wildman–Crippen MR) is 79.3 cm³/mol. The second-order valence-electron chi connectivity index (χ2n) is 5.72. The topological polar surface area (TPSA) is 58.3 Å². The summed E-state index contributed by atoms with van der Waals surface area (Å²) >= 11 is 0. The standard InChI is InChI=1S/C14H19F3N6/c1-2-18-9-10-5-7-22(8-6-10)12-4-3-11-19-20-13(14(15,16)17)23(11)21-12/h3-4,10,18H,2,5-9H2,1H3. The fourth-order valence-electron chi connectivity index (χ4n) is 2.84. The van der Waals surface area contributed by atoms with Crippen molar-refractivity contribution in [3.8, 4) is 0 Å². The minimum Gasteiger partial charge on any atom is -0.355 e. The van der Waals surface area contributed by atoms with E-state index in [0.29, 0.717) is 11.7 Å². The highest BCUT2D eigenvalue weighted by Gasteiger charge is 2.37. The average Bonchev–Trinajstić information content (AvgIpc) is 2.96. The van der Waals surface area contributed by atoms with Crippen molar-refractivity contribution in [2.75, 3.05) is 31.1 Å². The van der Waals surface area contributed by atoms with Crippen LogP contribution >= 0.6 is 0 Å². The fourth-order valence-corrected chi connectivity index (χ4v) is 2.84. The first-order valence-electron chi connectivity index (χ1n) is 7.74. The number of aromatic nitrogens is 4. The lowest BCUT2D eigenvalue weighted by Gasteiger charge is -2.32. The van der Waals surface area contributed by atoms with E-state index < -0.39 is 12.0 Å². The van der Waals surface area contributed by atoms with Crippen LogP contribution in [0.15, 0.2) is 12.1 Å². The molecule has 0 bridgehead atoms. The van der Waals surface area contributed by atoms with Crippen LogP contribution in [0.1, 0.15) is 25.6 Å². The molecule has 0 saturated carbocycles. The van der Waals surface area contributed by atoms with E-state index in [0.717, 1.165) is 43.5 Å². The van der Waals surface area contributed by atoms with E-state index in [1.165, 1.54) is 6.07 Å². The third-order valence-corrected chi connectivity index (χ3v) is 4.12. The lowest BCUT2D eigenvalue weighted by Crippen LogP contribution is -2.38. The predicted octanol–water partition coefficient (Wildman–Crippen LogP) is 1.97. The van der Waals surface area contributed by atoms with Crippen molar-refractivity contribution in [3.05, 3.63) is 18.0 Å². The van der Waals surface area contributed by atoms with Gasteiger partial charge in [0.2, 0.25) is 0 Å². The van der Waals surface area contributed by atoms with Gasteiger partial charge in [-0.05, 0) is 44.0 Å². The monoisotopic (exact) mass is 328 g/mol. The van der Waals surface area contributed by atoms with Gasteiger partial charge in [-0.1, -0.05) is 6.92 Å². The molecule has 1 fully saturated rings. The normalized spacial score (nSPS) is 17.1. The van der Waals surface area contributed by atoms with Crippen LogP contribution in [0.4, 0.5) is 19.0 Å². The maximum Gasteiger partial charge on any atom is 0.453 e. The number of alkyl halides is 3. The number of nitrogens with one attached hydrogen (secondary N) is 1. The molecular weight excluding hydrogens is 309 g/mol. The Morgan fingerprint density at radius 1 is 1.22 bits per heavy atom. The summed E-state index contributed by atoms with van der Waals surface area (Å²) in [5, 5.41) is 14.2. The molecule has 23 heavy (non-hydrogen) atoms. The Labute approximate surface area is 131 Å². The highest BCUT2D eigenvalue weighted by molar-refractivity contribution is 5.46. The van der Waals surface area contributed by atoms with E-state index in [9.17, 15) is 13.2 Å². The van der Waals surface area contributed by atoms with E-state index in [4.69, 9.17) is 0 Å². The Hall–Kier alpha value is -1.90. The molecule has 6 nitrogen and oxygen atoms in total. The third-order valence-electron chi connectivity index (χ3n) is 4.12. The minimum atomic E-state index is -4.57. The summed E-state index contributed by atoms with van der Waals surface area (Å²) in [6.07, 6.45) is -2.56. The quantitative estimate of drug-likeness (QED) is 0.930. The molecule has 3 rings (SSSR count). The van der Waals surface area contributed by atoms with Gasteiger partial charge in [-0.25, -0.2) is 0 Å². The van der Waals surface area contributed by atoms with Crippen LogP contribution in [-0.2, 0) is 6.18 Å². The van der Waals surface area contributed by atoms with Crippen molar-refractivity contribution in [1.29, 1.82) is 0 Å². The highest BCUT2D eigenvalue weighted by atomic mass is 19.4. The molecule has 0 aromatic carbocycles. The van der Waals surface area contributed by atoms with Crippen molar-refractivity contribution < 1.29 is 13.2 Å². The molecule has 1 aliphatic rings. The van der Waals surface area contributed by atoms with Crippen LogP contribution in [-0.4, -0.2) is 46.0 Å². The Morgan fingerprint density at radius 3 is 2.61 bits per heavy atom. The maximum atomic E-state index is 12.9. The third kappa shape index (κ3) is 3.39. The molecule has 126 valence electrons. The van der Waals surface area contributed by atoms with Crippen LogP contribution in [0.2, 0.25) is 0 Å². The molecule has 3 heterocycles. The number of rotatable bonds is 4. The number of nitrogens with zero attached hydrogens (tertiary/aromatic N) is 5. The lowest BCUT2D eigenvalue weighted by atomic mass is 9.97. The smallest absolute Gasteiger partial charge is 0.355 e. The van der Waals surface area contributed by atoms with Gasteiger partial charge in [0.15, 0.2) is 5.65 Å². The van der Waals surface area contributed by atoms with Crippen molar-refractivity contribution >= 4 is 11.5 Å². The van der Waals surface area contributed by atoms with Gasteiger partial charge in [0.25, 0.3) is 5.82 Å². The first-order valence-corrected chi connectivity index (χ1v) is 7.74. The maximum absolute atomic E-state index is 12.9. The second-order valence-corrected chi connectivity index (χ2v) is 5.72. The Morgan fingerprint density at radius 2 is 1.96 bits per heavy atom. The summed E-state index contributed by atoms with van der Waals surface area (Å²) in [5.41, 5.74) is 0.100. The zero-order chi connectivity index (χ0) is 16.4. The van der Waals surface area contributed by atoms with Crippen molar-refractivity contribution in [2.45, 2.75) is 25.9 Å². The van der Waals surface area contributed by atoms with E-state index in [-0.39, 0.29) is 5.65 Å². The molecule has 1 N–H and O–H groups in total. The van der Waals surface area contributed by atoms with Gasteiger partial charge < -0.3 is 10.2 Å². The summed E-state index contributed by atoms with van der Waals surface area (Å²) in [6, 6.07) is 3.23. The SMILES string of the molecule is CCNCC1CCN(c2ccc3nnc(C(F)(F)F)n3n2)CC1. The molecule has 0 amide bonds. The van der Waals surface area contributed by atoms with E-state index in [1.807, 2.05) is 4.90 Å². The van der Waals surface area contributed by atoms with Crippen molar-refractivity contribution in [1.82, 2.24) is 25.1 Å². The first kappa shape index (κ1) is 16.0. The molecule has 0 spiro atoms. The van der Waals surface area contributed by atoms with Gasteiger partial charge in [-0.2, -0.15) is 17.7 Å². The number of piperidine rings is 1. The van der Waals surface area contributed by atoms with Gasteiger partial charge in [0, 0.05) is 13.1 Å². The highest BCUT2D eigenvalue weighted by Crippen LogP contribution is 2.28. The molecule has 0 aliphatic carbocycles. The largest absolute Gasteiger partial charge is 0.453 e. The summed E-state index contributed by atoms with van der Waals surface area (Å²) in [6.45, 7) is 5.59. The van der Waals surface area contributed by atoms with Crippen LogP contribution in [0.25, 0.3) is 5.65 Å². The second kappa shape index (κ2) is 6.31. The van der Waals surface area contributed by atoms with Gasteiger partial charge in [0.1, 0.15) is 5.82 Å². The number of hydrogen-bond donors (Lipinski definition) is 1. The molecule has 0 radical (unpaired) electrons. The van der Waals surface area contributed by atoms with Gasteiger partial charge in [0.05, 0.1) is 0 Å². The minimum absolute atomic E-state index is 0.100.